The lowest BCUT2D eigenvalue weighted by atomic mass is 10.3. The van der Waals surface area contributed by atoms with Crippen LogP contribution >= 0.6 is 22.6 Å². The van der Waals surface area contributed by atoms with Crippen molar-refractivity contribution in [3.05, 3.63) is 11.8 Å². The van der Waals surface area contributed by atoms with E-state index in [1.54, 1.807) is 0 Å². The Morgan fingerprint density at radius 2 is 1.90 bits per heavy atom. The lowest BCUT2D eigenvalue weighted by molar-refractivity contribution is 0.987. The molecule has 0 aromatic carbocycles. The van der Waals surface area contributed by atoms with Crippen molar-refractivity contribution in [1.29, 1.82) is 0 Å². The maximum absolute atomic E-state index is 2.43. The average Bonchev–Trinajstić information content (AvgIpc) is 1.78. The topological polar surface area (TPSA) is 0 Å². The predicted molar refractivity (Wildman–Crippen MR) is 60.6 cm³/mol. The third kappa shape index (κ3) is 8.69. The summed E-state index contributed by atoms with van der Waals surface area (Å²) < 4.78 is 1.29. The van der Waals surface area contributed by atoms with E-state index in [1.165, 1.54) is 17.3 Å². The first kappa shape index (κ1) is 10.7. The second kappa shape index (κ2) is 5.35. The third-order valence-corrected chi connectivity index (χ3v) is 3.12. The molecule has 0 nitrogen and oxygen atoms in total. The molecule has 0 saturated carbocycles. The Hall–Kier alpha value is 0.687. The fourth-order valence-electron chi connectivity index (χ4n) is 0.632. The van der Waals surface area contributed by atoms with Crippen molar-refractivity contribution < 1.29 is 0 Å². The highest BCUT2D eigenvalue weighted by atomic mass is 127. The standard InChI is InChI=1S/C8H17ISi/c1-10(2,3)8-6-4-5-7-9/h6,8H,4-5,7H2,1-3H3/b8-6-. The molecule has 0 bridgehead atoms. The molecule has 0 rings (SSSR count). The van der Waals surface area contributed by atoms with E-state index in [1.807, 2.05) is 0 Å². The van der Waals surface area contributed by atoms with Crippen LogP contribution in [0.3, 0.4) is 0 Å². The maximum atomic E-state index is 2.43. The first-order valence-corrected chi connectivity index (χ1v) is 8.90. The molecule has 0 aromatic rings. The van der Waals surface area contributed by atoms with Gasteiger partial charge in [0, 0.05) is 0 Å². The van der Waals surface area contributed by atoms with Crippen molar-refractivity contribution in [2.24, 2.45) is 0 Å². The summed E-state index contributed by atoms with van der Waals surface area (Å²) in [6, 6.07) is 0. The van der Waals surface area contributed by atoms with Crippen molar-refractivity contribution in [2.75, 3.05) is 4.43 Å². The highest BCUT2D eigenvalue weighted by molar-refractivity contribution is 14.1. The number of rotatable bonds is 4. The Kier molecular flexibility index (Phi) is 5.72. The van der Waals surface area contributed by atoms with Crippen LogP contribution in [0.1, 0.15) is 12.8 Å². The van der Waals surface area contributed by atoms with Crippen molar-refractivity contribution in [2.45, 2.75) is 32.5 Å². The largest absolute Gasteiger partial charge is 0.0989 e. The molecule has 10 heavy (non-hydrogen) atoms. The van der Waals surface area contributed by atoms with Crippen LogP contribution in [0.2, 0.25) is 19.6 Å². The molecule has 0 amide bonds. The SMILES string of the molecule is C[Si](C)(C)/C=C\CCCI. The molecule has 0 saturated heterocycles. The van der Waals surface area contributed by atoms with E-state index in [-0.39, 0.29) is 0 Å². The molecule has 0 aliphatic heterocycles. The van der Waals surface area contributed by atoms with E-state index < -0.39 is 8.07 Å². The molecular weight excluding hydrogens is 251 g/mol. The smallest absolute Gasteiger partial charge is 0.0682 e. The monoisotopic (exact) mass is 268 g/mol. The molecular formula is C8H17ISi. The van der Waals surface area contributed by atoms with Gasteiger partial charge in [0.15, 0.2) is 0 Å². The Balaban J connectivity index is 3.37. The molecule has 60 valence electrons. The van der Waals surface area contributed by atoms with Crippen molar-refractivity contribution >= 4 is 30.7 Å². The number of halogens is 1. The fraction of sp³-hybridized carbons (Fsp3) is 0.750. The third-order valence-electron chi connectivity index (χ3n) is 1.12. The van der Waals surface area contributed by atoms with Crippen molar-refractivity contribution in [3.63, 3.8) is 0 Å². The van der Waals surface area contributed by atoms with Crippen molar-refractivity contribution in [1.82, 2.24) is 0 Å². The van der Waals surface area contributed by atoms with Crippen LogP contribution < -0.4 is 0 Å². The summed E-state index contributed by atoms with van der Waals surface area (Å²) in [5, 5.41) is 0. The first-order valence-electron chi connectivity index (χ1n) is 3.80. The molecule has 0 radical (unpaired) electrons. The van der Waals surface area contributed by atoms with E-state index in [4.69, 9.17) is 0 Å². The van der Waals surface area contributed by atoms with Gasteiger partial charge in [-0.1, -0.05) is 54.0 Å². The molecule has 0 heterocycles. The van der Waals surface area contributed by atoms with Crippen LogP contribution in [-0.2, 0) is 0 Å². The van der Waals surface area contributed by atoms with E-state index >= 15 is 0 Å². The highest BCUT2D eigenvalue weighted by Gasteiger charge is 2.05. The second-order valence-corrected chi connectivity index (χ2v) is 9.74. The lowest BCUT2D eigenvalue weighted by Crippen LogP contribution is -2.15. The number of hydrogen-bond acceptors (Lipinski definition) is 0. The minimum Gasteiger partial charge on any atom is -0.0989 e. The molecule has 0 aliphatic carbocycles. The summed E-state index contributed by atoms with van der Waals surface area (Å²) >= 11 is 2.43. The van der Waals surface area contributed by atoms with Gasteiger partial charge in [-0.3, -0.25) is 0 Å². The Morgan fingerprint density at radius 1 is 1.30 bits per heavy atom. The van der Waals surface area contributed by atoms with E-state index in [9.17, 15) is 0 Å². The summed E-state index contributed by atoms with van der Waals surface area (Å²) in [6.07, 6.45) is 4.96. The summed E-state index contributed by atoms with van der Waals surface area (Å²) in [5.74, 6) is 0. The summed E-state index contributed by atoms with van der Waals surface area (Å²) in [4.78, 5) is 0. The zero-order valence-electron chi connectivity index (χ0n) is 7.15. The number of alkyl halides is 1. The minimum atomic E-state index is -0.890. The Morgan fingerprint density at radius 3 is 2.30 bits per heavy atom. The van der Waals surface area contributed by atoms with Gasteiger partial charge in [0.2, 0.25) is 0 Å². The summed E-state index contributed by atoms with van der Waals surface area (Å²) in [6.45, 7) is 7.11. The highest BCUT2D eigenvalue weighted by Crippen LogP contribution is 2.04. The number of unbranched alkanes of at least 4 members (excludes halogenated alkanes) is 1. The molecule has 0 spiro atoms. The first-order chi connectivity index (χ1) is 4.56. The van der Waals surface area contributed by atoms with Crippen LogP contribution in [0.4, 0.5) is 0 Å². The molecule has 2 heteroatoms. The fourth-order valence-corrected chi connectivity index (χ4v) is 1.95. The van der Waals surface area contributed by atoms with Crippen LogP contribution in [-0.4, -0.2) is 12.5 Å². The molecule has 0 aliphatic rings. The lowest BCUT2D eigenvalue weighted by Gasteiger charge is -2.07. The predicted octanol–water partition coefficient (Wildman–Crippen LogP) is 3.64. The van der Waals surface area contributed by atoms with Gasteiger partial charge in [0.25, 0.3) is 0 Å². The second-order valence-electron chi connectivity index (χ2n) is 3.60. The van der Waals surface area contributed by atoms with Crippen LogP contribution in [0.25, 0.3) is 0 Å². The minimum absolute atomic E-state index is 0.890. The number of hydrogen-bond donors (Lipinski definition) is 0. The normalized spacial score (nSPS) is 12.8. The van der Waals surface area contributed by atoms with E-state index in [0.29, 0.717) is 0 Å². The summed E-state index contributed by atoms with van der Waals surface area (Å²) in [5.41, 5.74) is 2.43. The van der Waals surface area contributed by atoms with Gasteiger partial charge in [-0.25, -0.2) is 0 Å². The van der Waals surface area contributed by atoms with Gasteiger partial charge in [0.1, 0.15) is 0 Å². The summed E-state index contributed by atoms with van der Waals surface area (Å²) in [7, 11) is -0.890. The van der Waals surface area contributed by atoms with Crippen molar-refractivity contribution in [3.8, 4) is 0 Å². The zero-order valence-corrected chi connectivity index (χ0v) is 10.3. The molecule has 0 fully saturated rings. The quantitative estimate of drug-likeness (QED) is 0.316. The molecule has 0 aromatic heterocycles. The average molecular weight is 268 g/mol. The van der Waals surface area contributed by atoms with Gasteiger partial charge >= 0.3 is 0 Å². The Labute approximate surface area is 79.2 Å². The van der Waals surface area contributed by atoms with Crippen LogP contribution in [0, 0.1) is 0 Å². The van der Waals surface area contributed by atoms with Gasteiger partial charge in [-0.05, 0) is 17.3 Å². The maximum Gasteiger partial charge on any atom is 0.0682 e. The molecule has 0 N–H and O–H groups in total. The van der Waals surface area contributed by atoms with Gasteiger partial charge < -0.3 is 0 Å². The Bertz CT molecular complexity index is 102. The van der Waals surface area contributed by atoms with Gasteiger partial charge in [0.05, 0.1) is 8.07 Å². The van der Waals surface area contributed by atoms with E-state index in [2.05, 4.69) is 54.0 Å². The van der Waals surface area contributed by atoms with E-state index in [0.717, 1.165) is 0 Å². The number of allylic oxidation sites excluding steroid dienone is 1. The molecule has 0 atom stereocenters. The van der Waals surface area contributed by atoms with Gasteiger partial charge in [-0.2, -0.15) is 0 Å². The van der Waals surface area contributed by atoms with Crippen LogP contribution in [0.15, 0.2) is 11.8 Å². The van der Waals surface area contributed by atoms with Crippen LogP contribution in [0.5, 0.6) is 0 Å². The zero-order chi connectivity index (χ0) is 8.04. The van der Waals surface area contributed by atoms with Gasteiger partial charge in [-0.15, -0.1) is 0 Å². The molecule has 0 unspecified atom stereocenters.